The summed E-state index contributed by atoms with van der Waals surface area (Å²) in [5, 5.41) is 2.30. The number of nitrogens with zero attached hydrogens (tertiary/aromatic N) is 4. The lowest BCUT2D eigenvalue weighted by Gasteiger charge is -2.19. The first-order valence-corrected chi connectivity index (χ1v) is 35.9. The summed E-state index contributed by atoms with van der Waals surface area (Å²) in [6.45, 7) is 15.2. The van der Waals surface area contributed by atoms with Gasteiger partial charge in [-0.3, -0.25) is 0 Å². The Hall–Kier alpha value is -4.38. The Bertz CT molecular complexity index is 3490. The summed E-state index contributed by atoms with van der Waals surface area (Å²) < 4.78 is 36.5. The van der Waals surface area contributed by atoms with Crippen LogP contribution in [-0.4, -0.2) is 30.7 Å². The molecule has 0 fully saturated rings. The summed E-state index contributed by atoms with van der Waals surface area (Å²) in [7, 11) is 0. The number of thiophene rings is 6. The van der Waals surface area contributed by atoms with Crippen LogP contribution in [0.1, 0.15) is 154 Å². The van der Waals surface area contributed by atoms with Crippen LogP contribution in [0.5, 0.6) is 11.5 Å². The smallest absolute Gasteiger partial charge is 0.146 e. The van der Waals surface area contributed by atoms with E-state index >= 15 is 0 Å². The number of ether oxygens (including phenoxy) is 2. The van der Waals surface area contributed by atoms with Crippen molar-refractivity contribution in [2.24, 2.45) is 11.8 Å². The first-order chi connectivity index (χ1) is 39.4. The van der Waals surface area contributed by atoms with Crippen molar-refractivity contribution in [2.75, 3.05) is 13.2 Å². The molecule has 0 aliphatic heterocycles. The highest BCUT2D eigenvalue weighted by Crippen LogP contribution is 2.55. The Morgan fingerprint density at radius 2 is 0.725 bits per heavy atom. The molecule has 2 unspecified atom stereocenters. The molecule has 0 saturated heterocycles. The van der Waals surface area contributed by atoms with E-state index in [-0.39, 0.29) is 0 Å². The van der Waals surface area contributed by atoms with Crippen LogP contribution in [0.4, 0.5) is 0 Å². The van der Waals surface area contributed by atoms with Crippen LogP contribution >= 0.6 is 91.5 Å². The van der Waals surface area contributed by atoms with Crippen LogP contribution in [-0.2, 0) is 12.8 Å². The van der Waals surface area contributed by atoms with Crippen LogP contribution in [0.15, 0.2) is 84.9 Å². The molecular formula is C66H74N4O2S8. The van der Waals surface area contributed by atoms with Gasteiger partial charge in [0.05, 0.1) is 46.1 Å². The Morgan fingerprint density at radius 3 is 1.10 bits per heavy atom. The first-order valence-electron chi connectivity index (χ1n) is 29.6. The number of hydrogen-bond acceptors (Lipinski definition) is 14. The molecular weight excluding hydrogens is 1140 g/mol. The fourth-order valence-corrected chi connectivity index (χ4v) is 18.8. The first kappa shape index (κ1) is 57.4. The van der Waals surface area contributed by atoms with Crippen molar-refractivity contribution in [3.63, 3.8) is 0 Å². The third-order valence-corrected chi connectivity index (χ3v) is 24.2. The van der Waals surface area contributed by atoms with Gasteiger partial charge in [0.2, 0.25) is 0 Å². The number of aryl methyl sites for hydroxylation is 2. The monoisotopic (exact) mass is 1210 g/mol. The standard InChI is InChI=1S/C66H74N4O2S8/c1-7-13-17-19-23-43-25-31-51(73-43)45-27-29-47(61-59(45)67-79-69-61)53-33-35-55(75-53)57-37-49-63(71-39-41(11-5)21-15-9-3)66-50(64(65(49)77-57)72-40-42(12-6)22-16-10-4)38-58(78-66)56-36-34-54(76-56)48-30-28-46(60-62(48)70-80-68-60)52-32-26-44(74-52)24-20-18-14-8-2/h25-38,41-42H,7-24,39-40H2,1-6H3. The van der Waals surface area contributed by atoms with Gasteiger partial charge in [0.1, 0.15) is 33.6 Å². The molecule has 0 spiro atoms. The van der Waals surface area contributed by atoms with Gasteiger partial charge < -0.3 is 9.47 Å². The molecule has 3 aromatic carbocycles. The number of rotatable bonds is 30. The average molecular weight is 1210 g/mol. The largest absolute Gasteiger partial charge is 0.491 e. The third kappa shape index (κ3) is 12.6. The van der Waals surface area contributed by atoms with Crippen molar-refractivity contribution in [3.8, 4) is 72.8 Å². The molecule has 11 aromatic rings. The van der Waals surface area contributed by atoms with Gasteiger partial charge in [-0.2, -0.15) is 17.5 Å². The van der Waals surface area contributed by atoms with E-state index in [1.807, 2.05) is 68.0 Å². The maximum absolute atomic E-state index is 7.26. The van der Waals surface area contributed by atoms with E-state index in [9.17, 15) is 0 Å². The molecule has 0 bridgehead atoms. The fourth-order valence-electron chi connectivity index (χ4n) is 11.0. The zero-order valence-electron chi connectivity index (χ0n) is 47.3. The van der Waals surface area contributed by atoms with E-state index in [1.165, 1.54) is 183 Å². The minimum atomic E-state index is 0.485. The summed E-state index contributed by atoms with van der Waals surface area (Å²) in [5.74, 6) is 2.96. The van der Waals surface area contributed by atoms with Crippen molar-refractivity contribution in [1.29, 1.82) is 0 Å². The molecule has 0 aliphatic rings. The maximum atomic E-state index is 7.26. The maximum Gasteiger partial charge on any atom is 0.146 e. The van der Waals surface area contributed by atoms with Gasteiger partial charge in [0.25, 0.3) is 0 Å². The summed E-state index contributed by atoms with van der Waals surface area (Å²) in [4.78, 5) is 12.8. The zero-order chi connectivity index (χ0) is 55.0. The predicted molar refractivity (Wildman–Crippen MR) is 357 cm³/mol. The van der Waals surface area contributed by atoms with E-state index in [1.54, 1.807) is 0 Å². The van der Waals surface area contributed by atoms with E-state index < -0.39 is 0 Å². The predicted octanol–water partition coefficient (Wildman–Crippen LogP) is 23.8. The lowest BCUT2D eigenvalue weighted by atomic mass is 10.0. The highest BCUT2D eigenvalue weighted by molar-refractivity contribution is 7.29. The highest BCUT2D eigenvalue weighted by Gasteiger charge is 2.26. The van der Waals surface area contributed by atoms with Gasteiger partial charge in [0, 0.05) is 81.8 Å². The summed E-state index contributed by atoms with van der Waals surface area (Å²) in [6, 6.07) is 32.3. The van der Waals surface area contributed by atoms with E-state index in [0.717, 1.165) is 81.1 Å². The second-order valence-electron chi connectivity index (χ2n) is 21.5. The quantitative estimate of drug-likeness (QED) is 0.0418. The van der Waals surface area contributed by atoms with Gasteiger partial charge in [-0.05, 0) is 111 Å². The second kappa shape index (κ2) is 27.3. The third-order valence-electron chi connectivity index (χ3n) is 15.8. The molecule has 0 amide bonds. The van der Waals surface area contributed by atoms with Gasteiger partial charge in [-0.15, -0.1) is 68.0 Å². The number of hydrogen-bond donors (Lipinski definition) is 0. The molecule has 0 radical (unpaired) electrons. The van der Waals surface area contributed by atoms with Crippen molar-refractivity contribution in [3.05, 3.63) is 94.7 Å². The van der Waals surface area contributed by atoms with Crippen molar-refractivity contribution in [2.45, 2.75) is 157 Å². The molecule has 8 heterocycles. The molecule has 2 atom stereocenters. The summed E-state index contributed by atoms with van der Waals surface area (Å²) in [5.41, 5.74) is 8.62. The van der Waals surface area contributed by atoms with Crippen molar-refractivity contribution >= 4 is 134 Å². The molecule has 6 nitrogen and oxygen atoms in total. The van der Waals surface area contributed by atoms with Gasteiger partial charge in [0.15, 0.2) is 0 Å². The van der Waals surface area contributed by atoms with E-state index in [0.29, 0.717) is 25.0 Å². The molecule has 0 N–H and O–H groups in total. The average Bonchev–Trinajstić information content (AvgIpc) is 4.41. The Balaban J connectivity index is 0.956. The van der Waals surface area contributed by atoms with E-state index in [4.69, 9.17) is 27.0 Å². The lowest BCUT2D eigenvalue weighted by molar-refractivity contribution is 0.235. The van der Waals surface area contributed by atoms with Crippen LogP contribution in [0.25, 0.3) is 104 Å². The molecule has 418 valence electrons. The van der Waals surface area contributed by atoms with Gasteiger partial charge in [-0.1, -0.05) is 143 Å². The minimum Gasteiger partial charge on any atom is -0.491 e. The highest BCUT2D eigenvalue weighted by atomic mass is 32.1. The van der Waals surface area contributed by atoms with E-state index in [2.05, 4.69) is 126 Å². The zero-order valence-corrected chi connectivity index (χ0v) is 53.8. The molecule has 8 aromatic heterocycles. The van der Waals surface area contributed by atoms with Crippen LogP contribution in [0.2, 0.25) is 0 Å². The van der Waals surface area contributed by atoms with Gasteiger partial charge in [-0.25, -0.2) is 0 Å². The Labute approximate surface area is 506 Å². The number of fused-ring (bicyclic) bond motifs is 4. The molecule has 0 saturated carbocycles. The molecule has 80 heavy (non-hydrogen) atoms. The van der Waals surface area contributed by atoms with Crippen LogP contribution in [0, 0.1) is 11.8 Å². The lowest BCUT2D eigenvalue weighted by Crippen LogP contribution is -2.12. The number of benzene rings is 3. The van der Waals surface area contributed by atoms with Crippen LogP contribution in [0.3, 0.4) is 0 Å². The SMILES string of the molecule is CCCCCCc1ccc(-c2ccc(-c3ccc(-c4cc5c(OCC(CC)CCCC)c6sc(-c7ccc(-c8ccc(-c9ccc(CCCCCC)s9)c9nsnc89)s7)cc6c(OCC(CC)CCCC)c5s4)s3)c3nsnc23)s1. The number of aromatic nitrogens is 4. The van der Waals surface area contributed by atoms with Crippen molar-refractivity contribution in [1.82, 2.24) is 17.5 Å². The minimum absolute atomic E-state index is 0.485. The molecule has 11 rings (SSSR count). The van der Waals surface area contributed by atoms with Gasteiger partial charge >= 0.3 is 0 Å². The Kier molecular flexibility index (Phi) is 19.6. The number of unbranched alkanes of at least 4 members (excludes halogenated alkanes) is 8. The second-order valence-corrected chi connectivity index (χ2v) is 29.2. The molecule has 0 aliphatic carbocycles. The topological polar surface area (TPSA) is 70.0 Å². The summed E-state index contributed by atoms with van der Waals surface area (Å²) in [6.07, 6.45) is 21.8. The fraction of sp³-hybridized carbons (Fsp3) is 0.424. The molecule has 14 heteroatoms. The van der Waals surface area contributed by atoms with Crippen molar-refractivity contribution < 1.29 is 9.47 Å². The normalized spacial score (nSPS) is 12.8. The summed E-state index contributed by atoms with van der Waals surface area (Å²) >= 11 is 13.8. The Morgan fingerprint density at radius 1 is 0.362 bits per heavy atom. The van der Waals surface area contributed by atoms with Crippen LogP contribution < -0.4 is 9.47 Å².